The lowest BCUT2D eigenvalue weighted by atomic mass is 9.84. The standard InChI is InChI=1S/C6H9B/c1-5-2-6(3-5)4-7/h4H,1-3,7H2. The van der Waals surface area contributed by atoms with Gasteiger partial charge in [-0.3, -0.25) is 0 Å². The predicted octanol–water partition coefficient (Wildman–Crippen LogP) is 0.853. The van der Waals surface area contributed by atoms with Crippen LogP contribution in [0.25, 0.3) is 0 Å². The van der Waals surface area contributed by atoms with E-state index in [-0.39, 0.29) is 0 Å². The molecule has 1 fully saturated rings. The van der Waals surface area contributed by atoms with Crippen molar-refractivity contribution in [1.82, 2.24) is 0 Å². The molecule has 36 valence electrons. The van der Waals surface area contributed by atoms with Crippen LogP contribution in [0.4, 0.5) is 0 Å². The van der Waals surface area contributed by atoms with Crippen molar-refractivity contribution < 1.29 is 0 Å². The molecule has 0 unspecified atom stereocenters. The van der Waals surface area contributed by atoms with E-state index in [1.54, 1.807) is 5.57 Å². The average molecular weight is 92.0 g/mol. The number of hydrogen-bond donors (Lipinski definition) is 0. The largest absolute Gasteiger partial charge is 0.129 e. The van der Waals surface area contributed by atoms with E-state index >= 15 is 0 Å². The highest BCUT2D eigenvalue weighted by atomic mass is 14.1. The van der Waals surface area contributed by atoms with E-state index in [1.165, 1.54) is 5.57 Å². The third-order valence-electron chi connectivity index (χ3n) is 1.36. The first-order valence-electron chi connectivity index (χ1n) is 2.63. The van der Waals surface area contributed by atoms with E-state index < -0.39 is 0 Å². The van der Waals surface area contributed by atoms with Gasteiger partial charge in [-0.15, -0.1) is 5.98 Å². The minimum Gasteiger partial charge on any atom is -0.124 e. The van der Waals surface area contributed by atoms with E-state index in [0.29, 0.717) is 0 Å². The summed E-state index contributed by atoms with van der Waals surface area (Å²) in [7, 11) is 2.09. The van der Waals surface area contributed by atoms with E-state index in [4.69, 9.17) is 0 Å². The summed E-state index contributed by atoms with van der Waals surface area (Å²) in [4.78, 5) is 0. The molecule has 1 aliphatic carbocycles. The van der Waals surface area contributed by atoms with Gasteiger partial charge < -0.3 is 0 Å². The molecule has 0 aromatic rings. The van der Waals surface area contributed by atoms with Gasteiger partial charge in [-0.05, 0) is 12.8 Å². The summed E-state index contributed by atoms with van der Waals surface area (Å²) in [5, 5.41) is 0. The average Bonchev–Trinajstić information content (AvgIpc) is 1.58. The molecule has 0 N–H and O–H groups in total. The molecule has 0 radical (unpaired) electrons. The van der Waals surface area contributed by atoms with Crippen molar-refractivity contribution in [3.8, 4) is 0 Å². The highest BCUT2D eigenvalue weighted by Crippen LogP contribution is 2.29. The van der Waals surface area contributed by atoms with Crippen LogP contribution in [0.15, 0.2) is 23.7 Å². The van der Waals surface area contributed by atoms with Crippen LogP contribution in [0.2, 0.25) is 0 Å². The Morgan fingerprint density at radius 2 is 2.14 bits per heavy atom. The maximum absolute atomic E-state index is 3.82. The second kappa shape index (κ2) is 1.57. The number of hydrogen-bond acceptors (Lipinski definition) is 0. The predicted molar refractivity (Wildman–Crippen MR) is 35.0 cm³/mol. The molecule has 0 saturated heterocycles. The normalized spacial score (nSPS) is 18.9. The fourth-order valence-corrected chi connectivity index (χ4v) is 0.795. The quantitative estimate of drug-likeness (QED) is 0.307. The first-order valence-corrected chi connectivity index (χ1v) is 2.63. The minimum atomic E-state index is 1.16. The molecule has 0 heterocycles. The van der Waals surface area contributed by atoms with Crippen molar-refractivity contribution >= 4 is 7.85 Å². The highest BCUT2D eigenvalue weighted by Gasteiger charge is 2.09. The van der Waals surface area contributed by atoms with Crippen LogP contribution < -0.4 is 0 Å². The Hall–Kier alpha value is -0.455. The monoisotopic (exact) mass is 92.1 g/mol. The van der Waals surface area contributed by atoms with Gasteiger partial charge in [-0.25, -0.2) is 0 Å². The van der Waals surface area contributed by atoms with Gasteiger partial charge in [-0.1, -0.05) is 17.7 Å². The van der Waals surface area contributed by atoms with Crippen LogP contribution in [-0.4, -0.2) is 7.85 Å². The SMILES string of the molecule is BC=C1CC(=C)C1. The Labute approximate surface area is 45.3 Å². The van der Waals surface area contributed by atoms with Gasteiger partial charge in [0.15, 0.2) is 0 Å². The Bertz CT molecular complexity index is 112. The summed E-state index contributed by atoms with van der Waals surface area (Å²) in [6.07, 6.45) is 2.33. The van der Waals surface area contributed by atoms with Gasteiger partial charge in [0.25, 0.3) is 0 Å². The molecule has 0 amide bonds. The molecule has 0 aromatic carbocycles. The van der Waals surface area contributed by atoms with Crippen LogP contribution >= 0.6 is 0 Å². The first-order chi connectivity index (χ1) is 3.33. The third kappa shape index (κ3) is 0.765. The summed E-state index contributed by atoms with van der Waals surface area (Å²) in [5.41, 5.74) is 2.93. The summed E-state index contributed by atoms with van der Waals surface area (Å²) in [5.74, 6) is 2.18. The molecule has 0 bridgehead atoms. The lowest BCUT2D eigenvalue weighted by molar-refractivity contribution is 0.870. The van der Waals surface area contributed by atoms with Gasteiger partial charge >= 0.3 is 0 Å². The fourth-order valence-electron chi connectivity index (χ4n) is 0.795. The fraction of sp³-hybridized carbons (Fsp3) is 0.333. The lowest BCUT2D eigenvalue weighted by Gasteiger charge is -2.18. The molecule has 0 nitrogen and oxygen atoms in total. The Balaban J connectivity index is 2.44. The third-order valence-corrected chi connectivity index (χ3v) is 1.36. The van der Waals surface area contributed by atoms with Crippen molar-refractivity contribution in [3.63, 3.8) is 0 Å². The van der Waals surface area contributed by atoms with Gasteiger partial charge in [-0.2, -0.15) is 0 Å². The van der Waals surface area contributed by atoms with Crippen LogP contribution in [0.3, 0.4) is 0 Å². The smallest absolute Gasteiger partial charge is 0.124 e. The van der Waals surface area contributed by atoms with Crippen molar-refractivity contribution in [1.29, 1.82) is 0 Å². The molecule has 7 heavy (non-hydrogen) atoms. The van der Waals surface area contributed by atoms with E-state index in [1.807, 2.05) is 0 Å². The lowest BCUT2D eigenvalue weighted by Crippen LogP contribution is -1.99. The minimum absolute atomic E-state index is 1.16. The summed E-state index contributed by atoms with van der Waals surface area (Å²) in [6, 6.07) is 0. The zero-order valence-electron chi connectivity index (χ0n) is 4.70. The molecule has 1 aliphatic rings. The van der Waals surface area contributed by atoms with Crippen LogP contribution in [0.5, 0.6) is 0 Å². The van der Waals surface area contributed by atoms with Gasteiger partial charge in [0.2, 0.25) is 0 Å². The maximum atomic E-state index is 3.82. The van der Waals surface area contributed by atoms with Crippen molar-refractivity contribution in [2.45, 2.75) is 12.8 Å². The summed E-state index contributed by atoms with van der Waals surface area (Å²) >= 11 is 0. The van der Waals surface area contributed by atoms with Crippen LogP contribution in [-0.2, 0) is 0 Å². The van der Waals surface area contributed by atoms with Gasteiger partial charge in [0.1, 0.15) is 7.85 Å². The molecule has 0 aliphatic heterocycles. The number of rotatable bonds is 0. The topological polar surface area (TPSA) is 0 Å². The Kier molecular flexibility index (Phi) is 1.05. The second-order valence-corrected chi connectivity index (χ2v) is 2.05. The second-order valence-electron chi connectivity index (χ2n) is 2.05. The van der Waals surface area contributed by atoms with Crippen LogP contribution in [0.1, 0.15) is 12.8 Å². The Morgan fingerprint density at radius 3 is 2.29 bits per heavy atom. The van der Waals surface area contributed by atoms with E-state index in [0.717, 1.165) is 12.8 Å². The summed E-state index contributed by atoms with van der Waals surface area (Å²) in [6.45, 7) is 3.82. The van der Waals surface area contributed by atoms with Gasteiger partial charge in [0, 0.05) is 0 Å². The molecule has 0 spiro atoms. The van der Waals surface area contributed by atoms with Crippen LogP contribution in [0, 0.1) is 0 Å². The molecule has 1 rings (SSSR count). The maximum Gasteiger partial charge on any atom is 0.129 e. The zero-order valence-corrected chi connectivity index (χ0v) is 4.70. The molecule has 0 atom stereocenters. The van der Waals surface area contributed by atoms with Gasteiger partial charge in [0.05, 0.1) is 0 Å². The number of allylic oxidation sites excluding steroid dienone is 2. The van der Waals surface area contributed by atoms with E-state index in [9.17, 15) is 0 Å². The molecule has 0 aromatic heterocycles. The van der Waals surface area contributed by atoms with Crippen molar-refractivity contribution in [2.75, 3.05) is 0 Å². The van der Waals surface area contributed by atoms with Crippen molar-refractivity contribution in [3.05, 3.63) is 23.7 Å². The molecular formula is C6H9B. The molecule has 1 heteroatoms. The summed E-state index contributed by atoms with van der Waals surface area (Å²) < 4.78 is 0. The molecular weight excluding hydrogens is 82.9 g/mol. The van der Waals surface area contributed by atoms with Crippen molar-refractivity contribution in [2.24, 2.45) is 0 Å². The first kappa shape index (κ1) is 4.70. The van der Waals surface area contributed by atoms with E-state index in [2.05, 4.69) is 20.4 Å². The zero-order chi connectivity index (χ0) is 5.28. The Morgan fingerprint density at radius 1 is 1.57 bits per heavy atom. The highest BCUT2D eigenvalue weighted by molar-refractivity contribution is 6.17. The molecule has 1 saturated carbocycles.